The van der Waals surface area contributed by atoms with Crippen LogP contribution in [0, 0.1) is 0 Å². The first kappa shape index (κ1) is 18.4. The lowest BCUT2D eigenvalue weighted by atomic mass is 10.2. The minimum atomic E-state index is -3.68. The first-order valence-electron chi connectivity index (χ1n) is 8.61. The largest absolute Gasteiger partial charge is 0.438 e. The van der Waals surface area contributed by atoms with Crippen molar-refractivity contribution in [2.75, 3.05) is 26.2 Å². The van der Waals surface area contributed by atoms with Crippen LogP contribution in [0.3, 0.4) is 0 Å². The molecule has 8 nitrogen and oxygen atoms in total. The molecular weight excluding hydrogens is 346 g/mol. The van der Waals surface area contributed by atoms with Crippen LogP contribution in [-0.4, -0.2) is 63.7 Å². The van der Waals surface area contributed by atoms with Gasteiger partial charge >= 0.3 is 0 Å². The highest BCUT2D eigenvalue weighted by Gasteiger charge is 2.30. The topological polar surface area (TPSA) is 101 Å². The number of amides is 1. The predicted octanol–water partition coefficient (Wildman–Crippen LogP) is 0.559. The Morgan fingerprint density at radius 2 is 1.92 bits per heavy atom. The van der Waals surface area contributed by atoms with Crippen LogP contribution in [0.15, 0.2) is 21.6 Å². The number of sulfonamides is 1. The molecule has 1 aliphatic heterocycles. The third-order valence-corrected chi connectivity index (χ3v) is 5.57. The molecule has 25 heavy (non-hydrogen) atoms. The molecule has 1 aromatic heterocycles. The Labute approximate surface area is 147 Å². The summed E-state index contributed by atoms with van der Waals surface area (Å²) in [4.78, 5) is 14.4. The summed E-state index contributed by atoms with van der Waals surface area (Å²) < 4.78 is 37.5. The molecule has 1 aliphatic carbocycles. The van der Waals surface area contributed by atoms with Crippen molar-refractivity contribution in [1.29, 1.82) is 0 Å². The van der Waals surface area contributed by atoms with Gasteiger partial charge in [-0.2, -0.15) is 0 Å². The predicted molar refractivity (Wildman–Crippen MR) is 90.8 cm³/mol. The van der Waals surface area contributed by atoms with Gasteiger partial charge in [0.1, 0.15) is 0 Å². The number of nitrogens with one attached hydrogen (secondary N) is 2. The molecule has 2 N–H and O–H groups in total. The Bertz CT molecular complexity index is 703. The minimum Gasteiger partial charge on any atom is -0.438 e. The molecule has 2 heterocycles. The normalized spacial score (nSPS) is 25.0. The summed E-state index contributed by atoms with van der Waals surface area (Å²) in [6.07, 6.45) is 2.03. The summed E-state index contributed by atoms with van der Waals surface area (Å²) in [5, 5.41) is 2.54. The zero-order valence-corrected chi connectivity index (χ0v) is 15.3. The molecule has 140 valence electrons. The van der Waals surface area contributed by atoms with Crippen molar-refractivity contribution in [3.05, 3.63) is 17.9 Å². The van der Waals surface area contributed by atoms with Gasteiger partial charge in [0, 0.05) is 32.2 Å². The van der Waals surface area contributed by atoms with E-state index in [2.05, 4.69) is 14.9 Å². The molecule has 2 aliphatic rings. The third kappa shape index (κ3) is 5.04. The van der Waals surface area contributed by atoms with Crippen molar-refractivity contribution in [2.24, 2.45) is 0 Å². The van der Waals surface area contributed by atoms with E-state index in [9.17, 15) is 13.2 Å². The summed E-state index contributed by atoms with van der Waals surface area (Å²) in [5.41, 5.74) is 0. The fourth-order valence-corrected chi connectivity index (χ4v) is 4.18. The maximum Gasteiger partial charge on any atom is 0.287 e. The Morgan fingerprint density at radius 3 is 2.56 bits per heavy atom. The van der Waals surface area contributed by atoms with Crippen molar-refractivity contribution in [1.82, 2.24) is 14.9 Å². The van der Waals surface area contributed by atoms with Gasteiger partial charge in [-0.15, -0.1) is 0 Å². The van der Waals surface area contributed by atoms with Crippen LogP contribution in [0.1, 0.15) is 37.2 Å². The van der Waals surface area contributed by atoms with Crippen molar-refractivity contribution in [3.63, 3.8) is 0 Å². The van der Waals surface area contributed by atoms with Gasteiger partial charge in [-0.3, -0.25) is 9.69 Å². The number of nitrogens with zero attached hydrogens (tertiary/aromatic N) is 1. The van der Waals surface area contributed by atoms with Gasteiger partial charge in [-0.1, -0.05) is 0 Å². The Kier molecular flexibility index (Phi) is 5.47. The van der Waals surface area contributed by atoms with Crippen LogP contribution >= 0.6 is 0 Å². The molecule has 1 aromatic rings. The molecule has 0 aromatic carbocycles. The first-order valence-corrected chi connectivity index (χ1v) is 10.1. The molecule has 1 saturated heterocycles. The number of carbonyl (C=O) groups is 1. The van der Waals surface area contributed by atoms with Gasteiger partial charge in [0.15, 0.2) is 5.76 Å². The molecule has 2 atom stereocenters. The van der Waals surface area contributed by atoms with E-state index < -0.39 is 15.9 Å². The number of morpholine rings is 1. The van der Waals surface area contributed by atoms with Crippen LogP contribution in [0.25, 0.3) is 0 Å². The highest BCUT2D eigenvalue weighted by Crippen LogP contribution is 2.23. The lowest BCUT2D eigenvalue weighted by Crippen LogP contribution is -2.47. The molecule has 3 rings (SSSR count). The SMILES string of the molecule is C[C@@H]1CN(CCNC(=O)c2ccc(S(=O)(=O)NC3CC3)o2)C[C@@H](C)O1. The Balaban J connectivity index is 1.48. The molecule has 1 amide bonds. The maximum atomic E-state index is 12.1. The van der Waals surface area contributed by atoms with E-state index in [-0.39, 0.29) is 29.1 Å². The summed E-state index contributed by atoms with van der Waals surface area (Å²) in [6.45, 7) is 6.89. The lowest BCUT2D eigenvalue weighted by molar-refractivity contribution is -0.0672. The van der Waals surface area contributed by atoms with Crippen molar-refractivity contribution in [3.8, 4) is 0 Å². The van der Waals surface area contributed by atoms with Crippen molar-refractivity contribution in [2.45, 2.75) is 50.0 Å². The number of hydrogen-bond donors (Lipinski definition) is 2. The second-order valence-electron chi connectivity index (χ2n) is 6.79. The summed E-state index contributed by atoms with van der Waals surface area (Å²) >= 11 is 0. The Hall–Kier alpha value is -1.42. The average molecular weight is 371 g/mol. The third-order valence-electron chi connectivity index (χ3n) is 4.18. The van der Waals surface area contributed by atoms with Crippen LogP contribution in [0.5, 0.6) is 0 Å². The summed E-state index contributed by atoms with van der Waals surface area (Å²) in [5.74, 6) is -0.415. The lowest BCUT2D eigenvalue weighted by Gasteiger charge is -2.35. The van der Waals surface area contributed by atoms with E-state index in [0.717, 1.165) is 25.9 Å². The van der Waals surface area contributed by atoms with Gasteiger partial charge in [-0.25, -0.2) is 13.1 Å². The number of furan rings is 1. The molecule has 0 bridgehead atoms. The Morgan fingerprint density at radius 1 is 1.24 bits per heavy atom. The van der Waals surface area contributed by atoms with Gasteiger partial charge in [0.2, 0.25) is 5.09 Å². The monoisotopic (exact) mass is 371 g/mol. The van der Waals surface area contributed by atoms with Crippen molar-refractivity contribution < 1.29 is 22.4 Å². The molecule has 0 spiro atoms. The second-order valence-corrected chi connectivity index (χ2v) is 8.43. The van der Waals surface area contributed by atoms with Gasteiger partial charge in [-0.05, 0) is 38.8 Å². The van der Waals surface area contributed by atoms with E-state index in [1.165, 1.54) is 12.1 Å². The first-order chi connectivity index (χ1) is 11.8. The number of hydrogen-bond acceptors (Lipinski definition) is 6. The summed E-state index contributed by atoms with van der Waals surface area (Å²) in [7, 11) is -3.68. The van der Waals surface area contributed by atoms with Crippen LogP contribution in [-0.2, 0) is 14.8 Å². The number of rotatable bonds is 7. The van der Waals surface area contributed by atoms with Crippen LogP contribution in [0.2, 0.25) is 0 Å². The molecular formula is C16H25N3O5S. The highest BCUT2D eigenvalue weighted by molar-refractivity contribution is 7.89. The zero-order chi connectivity index (χ0) is 18.0. The fraction of sp³-hybridized carbons (Fsp3) is 0.688. The van der Waals surface area contributed by atoms with Crippen molar-refractivity contribution >= 4 is 15.9 Å². The van der Waals surface area contributed by atoms with E-state index in [1.54, 1.807) is 0 Å². The number of carbonyl (C=O) groups excluding carboxylic acids is 1. The minimum absolute atomic E-state index is 0.000106. The van der Waals surface area contributed by atoms with E-state index in [0.29, 0.717) is 13.1 Å². The summed E-state index contributed by atoms with van der Waals surface area (Å²) in [6, 6.07) is 2.69. The van der Waals surface area contributed by atoms with Gasteiger partial charge < -0.3 is 14.5 Å². The highest BCUT2D eigenvalue weighted by atomic mass is 32.2. The molecule has 1 saturated carbocycles. The van der Waals surface area contributed by atoms with Crippen LogP contribution < -0.4 is 10.0 Å². The average Bonchev–Trinajstić information content (AvgIpc) is 3.15. The zero-order valence-electron chi connectivity index (χ0n) is 14.5. The van der Waals surface area contributed by atoms with Crippen LogP contribution in [0.4, 0.5) is 0 Å². The molecule has 2 fully saturated rings. The molecule has 0 unspecified atom stereocenters. The second kappa shape index (κ2) is 7.45. The van der Waals surface area contributed by atoms with E-state index in [1.807, 2.05) is 13.8 Å². The number of ether oxygens (including phenoxy) is 1. The molecule has 9 heteroatoms. The van der Waals surface area contributed by atoms with Gasteiger partial charge in [0.25, 0.3) is 15.9 Å². The smallest absolute Gasteiger partial charge is 0.287 e. The fourth-order valence-electron chi connectivity index (χ4n) is 2.95. The quantitative estimate of drug-likeness (QED) is 0.726. The van der Waals surface area contributed by atoms with E-state index in [4.69, 9.17) is 9.15 Å². The molecule has 0 radical (unpaired) electrons. The maximum absolute atomic E-state index is 12.1. The van der Waals surface area contributed by atoms with Gasteiger partial charge in [0.05, 0.1) is 12.2 Å². The standard InChI is InChI=1S/C16H25N3O5S/c1-11-9-19(10-12(2)23-11)8-7-17-16(20)14-5-6-15(24-14)25(21,22)18-13-3-4-13/h5-6,11-13,18H,3-4,7-10H2,1-2H3,(H,17,20)/t11-,12-/m1/s1. The van der Waals surface area contributed by atoms with E-state index >= 15 is 0 Å².